The molecule has 2 aromatic rings. The summed E-state index contributed by atoms with van der Waals surface area (Å²) in [5.74, 6) is 1.91. The van der Waals surface area contributed by atoms with E-state index in [4.69, 9.17) is 18.9 Å². The fraction of sp³-hybridized carbons (Fsp3) is 0.429. The molecule has 25 heavy (non-hydrogen) atoms. The molecule has 2 fully saturated rings. The lowest BCUT2D eigenvalue weighted by Gasteiger charge is -2.16. The second-order valence-corrected chi connectivity index (χ2v) is 7.03. The van der Waals surface area contributed by atoms with Crippen molar-refractivity contribution in [3.05, 3.63) is 46.5 Å². The van der Waals surface area contributed by atoms with Crippen LogP contribution >= 0.6 is 0 Å². The van der Waals surface area contributed by atoms with E-state index >= 15 is 0 Å². The first-order chi connectivity index (χ1) is 12.0. The Balaban J connectivity index is 1.62. The van der Waals surface area contributed by atoms with Gasteiger partial charge in [0.1, 0.15) is 30.8 Å². The Bertz CT molecular complexity index is 758. The van der Waals surface area contributed by atoms with Crippen LogP contribution < -0.4 is 9.47 Å². The highest BCUT2D eigenvalue weighted by molar-refractivity contribution is 5.70. The summed E-state index contributed by atoms with van der Waals surface area (Å²) in [5.41, 5.74) is 6.96. The smallest absolute Gasteiger partial charge is 0.223 e. The minimum Gasteiger partial charge on any atom is -0.490 e. The standard InChI is InChI=1S/C21H24O4/c1-12-5-16(6-13(2)20(12)24-10-18-9-22-18)17-7-14(3)21(15(4)8-17)25-19-11-23-19/h5-8,18-19H,9-11H2,1-4H3. The molecule has 0 radical (unpaired) electrons. The number of benzene rings is 2. The van der Waals surface area contributed by atoms with Gasteiger partial charge in [0.05, 0.1) is 6.61 Å². The summed E-state index contributed by atoms with van der Waals surface area (Å²) in [6.45, 7) is 10.5. The van der Waals surface area contributed by atoms with E-state index in [2.05, 4.69) is 52.0 Å². The average molecular weight is 340 g/mol. The molecule has 2 atom stereocenters. The van der Waals surface area contributed by atoms with Gasteiger partial charge >= 0.3 is 0 Å². The van der Waals surface area contributed by atoms with Crippen molar-refractivity contribution in [2.24, 2.45) is 0 Å². The third-order valence-electron chi connectivity index (χ3n) is 4.62. The lowest BCUT2D eigenvalue weighted by atomic mass is 9.96. The van der Waals surface area contributed by atoms with Gasteiger partial charge in [0, 0.05) is 0 Å². The van der Waals surface area contributed by atoms with Crippen molar-refractivity contribution in [3.63, 3.8) is 0 Å². The number of epoxide rings is 2. The fourth-order valence-electron chi connectivity index (χ4n) is 3.23. The second kappa shape index (κ2) is 6.36. The van der Waals surface area contributed by atoms with Gasteiger partial charge in [-0.1, -0.05) is 0 Å². The third-order valence-corrected chi connectivity index (χ3v) is 4.62. The highest BCUT2D eigenvalue weighted by Crippen LogP contribution is 2.35. The number of aryl methyl sites for hydroxylation is 4. The molecule has 2 aromatic carbocycles. The SMILES string of the molecule is Cc1cc(-c2cc(C)c(OC3CO3)c(C)c2)cc(C)c1OCC1CO1. The fourth-order valence-corrected chi connectivity index (χ4v) is 3.23. The molecule has 0 saturated carbocycles. The molecule has 2 aliphatic heterocycles. The van der Waals surface area contributed by atoms with Crippen molar-refractivity contribution in [1.29, 1.82) is 0 Å². The molecular formula is C21H24O4. The molecule has 0 N–H and O–H groups in total. The van der Waals surface area contributed by atoms with Crippen LogP contribution in [-0.4, -0.2) is 32.2 Å². The zero-order chi connectivity index (χ0) is 17.6. The molecular weight excluding hydrogens is 316 g/mol. The van der Waals surface area contributed by atoms with Gasteiger partial charge < -0.3 is 18.9 Å². The van der Waals surface area contributed by atoms with Crippen molar-refractivity contribution in [2.75, 3.05) is 19.8 Å². The quantitative estimate of drug-likeness (QED) is 0.743. The first-order valence-corrected chi connectivity index (χ1v) is 8.77. The predicted molar refractivity (Wildman–Crippen MR) is 96.4 cm³/mol. The first kappa shape index (κ1) is 16.4. The molecule has 0 aliphatic carbocycles. The molecule has 2 unspecified atom stereocenters. The highest BCUT2D eigenvalue weighted by Gasteiger charge is 2.26. The van der Waals surface area contributed by atoms with E-state index in [1.165, 1.54) is 11.1 Å². The number of hydrogen-bond acceptors (Lipinski definition) is 4. The van der Waals surface area contributed by atoms with Crippen LogP contribution in [0.5, 0.6) is 11.5 Å². The normalized spacial score (nSPS) is 21.1. The van der Waals surface area contributed by atoms with Crippen molar-refractivity contribution in [1.82, 2.24) is 0 Å². The minimum atomic E-state index is -0.0698. The van der Waals surface area contributed by atoms with Gasteiger partial charge in [-0.3, -0.25) is 0 Å². The molecule has 2 heterocycles. The van der Waals surface area contributed by atoms with Crippen LogP contribution in [0, 0.1) is 27.7 Å². The predicted octanol–water partition coefficient (Wildman–Crippen LogP) is 4.10. The average Bonchev–Trinajstić information content (AvgIpc) is 3.44. The molecule has 0 amide bonds. The summed E-state index contributed by atoms with van der Waals surface area (Å²) in [6, 6.07) is 8.73. The Labute approximate surface area is 148 Å². The summed E-state index contributed by atoms with van der Waals surface area (Å²) in [5, 5.41) is 0. The molecule has 2 aliphatic rings. The lowest BCUT2D eigenvalue weighted by molar-refractivity contribution is 0.177. The van der Waals surface area contributed by atoms with E-state index in [1.807, 2.05) is 0 Å². The van der Waals surface area contributed by atoms with E-state index in [0.29, 0.717) is 13.2 Å². The van der Waals surface area contributed by atoms with Crippen molar-refractivity contribution in [2.45, 2.75) is 40.1 Å². The van der Waals surface area contributed by atoms with Gasteiger partial charge in [-0.25, -0.2) is 0 Å². The topological polar surface area (TPSA) is 43.5 Å². The van der Waals surface area contributed by atoms with Gasteiger partial charge in [-0.15, -0.1) is 0 Å². The molecule has 0 bridgehead atoms. The lowest BCUT2D eigenvalue weighted by Crippen LogP contribution is -2.06. The minimum absolute atomic E-state index is 0.0698. The van der Waals surface area contributed by atoms with Crippen molar-refractivity contribution >= 4 is 0 Å². The molecule has 0 aromatic heterocycles. The number of hydrogen-bond donors (Lipinski definition) is 0. The van der Waals surface area contributed by atoms with Crippen LogP contribution in [-0.2, 0) is 9.47 Å². The summed E-state index contributed by atoms with van der Waals surface area (Å²) in [6.07, 6.45) is 0.200. The van der Waals surface area contributed by atoms with E-state index in [1.54, 1.807) is 0 Å². The van der Waals surface area contributed by atoms with Gasteiger partial charge in [-0.2, -0.15) is 0 Å². The molecule has 4 rings (SSSR count). The maximum Gasteiger partial charge on any atom is 0.223 e. The number of ether oxygens (including phenoxy) is 4. The monoisotopic (exact) mass is 340 g/mol. The maximum atomic E-state index is 5.94. The van der Waals surface area contributed by atoms with E-state index in [9.17, 15) is 0 Å². The maximum absolute atomic E-state index is 5.94. The second-order valence-electron chi connectivity index (χ2n) is 7.03. The van der Waals surface area contributed by atoms with Gasteiger partial charge in [0.25, 0.3) is 0 Å². The van der Waals surface area contributed by atoms with Crippen LogP contribution in [0.2, 0.25) is 0 Å². The Morgan fingerprint density at radius 2 is 1.28 bits per heavy atom. The summed E-state index contributed by atoms with van der Waals surface area (Å²) < 4.78 is 22.2. The first-order valence-electron chi connectivity index (χ1n) is 8.77. The Kier molecular flexibility index (Phi) is 4.18. The largest absolute Gasteiger partial charge is 0.490 e. The van der Waals surface area contributed by atoms with Crippen molar-refractivity contribution in [3.8, 4) is 22.6 Å². The van der Waals surface area contributed by atoms with E-state index < -0.39 is 0 Å². The summed E-state index contributed by atoms with van der Waals surface area (Å²) in [7, 11) is 0. The molecule has 4 nitrogen and oxygen atoms in total. The Hall–Kier alpha value is -2.04. The van der Waals surface area contributed by atoms with Crippen LogP contribution in [0.3, 0.4) is 0 Å². The van der Waals surface area contributed by atoms with Crippen LogP contribution in [0.15, 0.2) is 24.3 Å². The molecule has 132 valence electrons. The highest BCUT2D eigenvalue weighted by atomic mass is 16.8. The van der Waals surface area contributed by atoms with E-state index in [0.717, 1.165) is 40.4 Å². The number of rotatable bonds is 6. The summed E-state index contributed by atoms with van der Waals surface area (Å²) >= 11 is 0. The molecule has 4 heteroatoms. The van der Waals surface area contributed by atoms with Gasteiger partial charge in [-0.05, 0) is 85.3 Å². The third kappa shape index (κ3) is 3.65. The summed E-state index contributed by atoms with van der Waals surface area (Å²) in [4.78, 5) is 0. The molecule has 2 saturated heterocycles. The Morgan fingerprint density at radius 1 is 0.800 bits per heavy atom. The van der Waals surface area contributed by atoms with Crippen LogP contribution in [0.25, 0.3) is 11.1 Å². The van der Waals surface area contributed by atoms with Crippen molar-refractivity contribution < 1.29 is 18.9 Å². The van der Waals surface area contributed by atoms with Gasteiger partial charge in [0.2, 0.25) is 6.29 Å². The zero-order valence-electron chi connectivity index (χ0n) is 15.2. The molecule has 0 spiro atoms. The van der Waals surface area contributed by atoms with Gasteiger partial charge in [0.15, 0.2) is 0 Å². The van der Waals surface area contributed by atoms with Crippen LogP contribution in [0.4, 0.5) is 0 Å². The van der Waals surface area contributed by atoms with Crippen LogP contribution in [0.1, 0.15) is 22.3 Å². The Morgan fingerprint density at radius 3 is 1.72 bits per heavy atom. The zero-order valence-corrected chi connectivity index (χ0v) is 15.2. The van der Waals surface area contributed by atoms with E-state index in [-0.39, 0.29) is 12.4 Å².